The van der Waals surface area contributed by atoms with Crippen molar-refractivity contribution in [1.29, 1.82) is 0 Å². The van der Waals surface area contributed by atoms with Gasteiger partial charge in [-0.25, -0.2) is 0 Å². The van der Waals surface area contributed by atoms with Crippen molar-refractivity contribution in [2.45, 2.75) is 26.9 Å². The molecule has 0 saturated heterocycles. The molecule has 0 fully saturated rings. The summed E-state index contributed by atoms with van der Waals surface area (Å²) < 4.78 is 10.9. The van der Waals surface area contributed by atoms with Gasteiger partial charge in [0.05, 0.1) is 13.1 Å². The van der Waals surface area contributed by atoms with Crippen molar-refractivity contribution in [1.82, 2.24) is 20.8 Å². The van der Waals surface area contributed by atoms with E-state index in [1.165, 1.54) is 0 Å². The molecule has 23 heavy (non-hydrogen) atoms. The zero-order chi connectivity index (χ0) is 16.2. The second kappa shape index (κ2) is 6.51. The molecule has 0 spiro atoms. The van der Waals surface area contributed by atoms with Crippen LogP contribution in [0.1, 0.15) is 23.0 Å². The molecule has 0 aliphatic carbocycles. The molecule has 120 valence electrons. The summed E-state index contributed by atoms with van der Waals surface area (Å²) in [6, 6.07) is 8.00. The first kappa shape index (κ1) is 15.1. The highest BCUT2D eigenvalue weighted by molar-refractivity contribution is 5.82. The standard InChI is InChI=1S/C16H19N5O2/c1-10-12-6-4-5-7-13(12)22-14(10)8-18-16(17-3)19-9-15-20-11(2)21-23-15/h4-7H,8-9H2,1-3H3,(H2,17,18,19). The summed E-state index contributed by atoms with van der Waals surface area (Å²) >= 11 is 0. The van der Waals surface area contributed by atoms with E-state index in [9.17, 15) is 0 Å². The van der Waals surface area contributed by atoms with E-state index in [1.54, 1.807) is 14.0 Å². The summed E-state index contributed by atoms with van der Waals surface area (Å²) in [6.45, 7) is 4.80. The van der Waals surface area contributed by atoms with Gasteiger partial charge in [-0.05, 0) is 19.9 Å². The molecule has 7 heteroatoms. The minimum atomic E-state index is 0.416. The Balaban J connectivity index is 1.62. The largest absolute Gasteiger partial charge is 0.459 e. The lowest BCUT2D eigenvalue weighted by molar-refractivity contribution is 0.371. The maximum Gasteiger partial charge on any atom is 0.246 e. The van der Waals surface area contributed by atoms with Crippen molar-refractivity contribution in [2.24, 2.45) is 4.99 Å². The summed E-state index contributed by atoms with van der Waals surface area (Å²) in [6.07, 6.45) is 0. The Hall–Kier alpha value is -2.83. The first-order valence-electron chi connectivity index (χ1n) is 7.38. The smallest absolute Gasteiger partial charge is 0.246 e. The van der Waals surface area contributed by atoms with Gasteiger partial charge in [-0.3, -0.25) is 4.99 Å². The number of nitrogens with one attached hydrogen (secondary N) is 2. The number of fused-ring (bicyclic) bond motifs is 1. The van der Waals surface area contributed by atoms with E-state index in [2.05, 4.69) is 38.8 Å². The molecule has 3 rings (SSSR count). The third-order valence-electron chi connectivity index (χ3n) is 3.56. The highest BCUT2D eigenvalue weighted by Gasteiger charge is 2.10. The molecule has 0 atom stereocenters. The lowest BCUT2D eigenvalue weighted by Gasteiger charge is -2.09. The van der Waals surface area contributed by atoms with Crippen LogP contribution in [0.3, 0.4) is 0 Å². The predicted molar refractivity (Wildman–Crippen MR) is 87.0 cm³/mol. The highest BCUT2D eigenvalue weighted by Crippen LogP contribution is 2.24. The molecule has 2 heterocycles. The van der Waals surface area contributed by atoms with Crippen molar-refractivity contribution in [2.75, 3.05) is 7.05 Å². The summed E-state index contributed by atoms with van der Waals surface area (Å²) in [5, 5.41) is 11.2. The van der Waals surface area contributed by atoms with E-state index in [4.69, 9.17) is 8.94 Å². The number of benzene rings is 1. The van der Waals surface area contributed by atoms with Crippen molar-refractivity contribution >= 4 is 16.9 Å². The summed E-state index contributed by atoms with van der Waals surface area (Å²) in [7, 11) is 1.71. The van der Waals surface area contributed by atoms with Crippen molar-refractivity contribution in [3.63, 3.8) is 0 Å². The Morgan fingerprint density at radius 1 is 1.17 bits per heavy atom. The maximum atomic E-state index is 5.87. The SMILES string of the molecule is CN=C(NCc1nc(C)no1)NCc1oc2ccccc2c1C. The van der Waals surface area contributed by atoms with Crippen LogP contribution in [0.15, 0.2) is 38.2 Å². The fraction of sp³-hybridized carbons (Fsp3) is 0.312. The second-order valence-corrected chi connectivity index (χ2v) is 5.16. The van der Waals surface area contributed by atoms with Gasteiger partial charge in [-0.15, -0.1) is 0 Å². The second-order valence-electron chi connectivity index (χ2n) is 5.16. The molecule has 2 N–H and O–H groups in total. The molecule has 0 saturated carbocycles. The summed E-state index contributed by atoms with van der Waals surface area (Å²) in [4.78, 5) is 8.31. The Bertz CT molecular complexity index is 834. The van der Waals surface area contributed by atoms with Crippen molar-refractivity contribution in [3.05, 3.63) is 47.3 Å². The Kier molecular flexibility index (Phi) is 4.27. The molecule has 0 amide bonds. The Labute approximate surface area is 133 Å². The maximum absolute atomic E-state index is 5.87. The lowest BCUT2D eigenvalue weighted by atomic mass is 10.1. The van der Waals surface area contributed by atoms with E-state index < -0.39 is 0 Å². The minimum absolute atomic E-state index is 0.416. The molecule has 2 aromatic heterocycles. The van der Waals surface area contributed by atoms with Crippen LogP contribution in [0.5, 0.6) is 0 Å². The highest BCUT2D eigenvalue weighted by atomic mass is 16.5. The molecule has 0 aliphatic rings. The normalized spacial score (nSPS) is 11.9. The molecule has 0 radical (unpaired) electrons. The van der Waals surface area contributed by atoms with Gasteiger partial charge in [-0.2, -0.15) is 4.98 Å². The van der Waals surface area contributed by atoms with Gasteiger partial charge in [0, 0.05) is 18.0 Å². The van der Waals surface area contributed by atoms with Gasteiger partial charge >= 0.3 is 0 Å². The van der Waals surface area contributed by atoms with Crippen molar-refractivity contribution < 1.29 is 8.94 Å². The topological polar surface area (TPSA) is 88.5 Å². The molecule has 0 unspecified atom stereocenters. The number of hydrogen-bond acceptors (Lipinski definition) is 5. The number of aliphatic imine (C=N–C) groups is 1. The molecule has 1 aromatic carbocycles. The van der Waals surface area contributed by atoms with Crippen LogP contribution in [0, 0.1) is 13.8 Å². The van der Waals surface area contributed by atoms with Gasteiger partial charge in [0.25, 0.3) is 0 Å². The molecular formula is C16H19N5O2. The summed E-state index contributed by atoms with van der Waals surface area (Å²) in [5.74, 6) is 2.66. The van der Waals surface area contributed by atoms with Gasteiger partial charge in [0.15, 0.2) is 11.8 Å². The summed E-state index contributed by atoms with van der Waals surface area (Å²) in [5.41, 5.74) is 2.03. The van der Waals surface area contributed by atoms with Gasteiger partial charge in [0.1, 0.15) is 11.3 Å². The number of para-hydroxylation sites is 1. The average molecular weight is 313 g/mol. The van der Waals surface area contributed by atoms with Crippen LogP contribution in [-0.2, 0) is 13.1 Å². The zero-order valence-corrected chi connectivity index (χ0v) is 13.4. The van der Waals surface area contributed by atoms with Gasteiger partial charge in [0.2, 0.25) is 5.89 Å². The van der Waals surface area contributed by atoms with Crippen LogP contribution in [0.4, 0.5) is 0 Å². The molecule has 7 nitrogen and oxygen atoms in total. The first-order valence-corrected chi connectivity index (χ1v) is 7.38. The van der Waals surface area contributed by atoms with Gasteiger partial charge in [-0.1, -0.05) is 23.4 Å². The number of guanidine groups is 1. The number of aryl methyl sites for hydroxylation is 2. The van der Waals surface area contributed by atoms with Gasteiger partial charge < -0.3 is 19.6 Å². The number of hydrogen-bond donors (Lipinski definition) is 2. The van der Waals surface area contributed by atoms with E-state index in [1.807, 2.05) is 18.2 Å². The molecule has 0 aliphatic heterocycles. The fourth-order valence-electron chi connectivity index (χ4n) is 2.35. The number of nitrogens with zero attached hydrogens (tertiary/aromatic N) is 3. The molecular weight excluding hydrogens is 294 g/mol. The van der Waals surface area contributed by atoms with Crippen LogP contribution < -0.4 is 10.6 Å². The van der Waals surface area contributed by atoms with E-state index in [0.29, 0.717) is 30.8 Å². The monoisotopic (exact) mass is 313 g/mol. The van der Waals surface area contributed by atoms with Crippen LogP contribution >= 0.6 is 0 Å². The van der Waals surface area contributed by atoms with E-state index >= 15 is 0 Å². The van der Waals surface area contributed by atoms with Crippen LogP contribution in [-0.4, -0.2) is 23.1 Å². The van der Waals surface area contributed by atoms with Crippen molar-refractivity contribution in [3.8, 4) is 0 Å². The number of aromatic nitrogens is 2. The van der Waals surface area contributed by atoms with Crippen LogP contribution in [0.25, 0.3) is 11.0 Å². The zero-order valence-electron chi connectivity index (χ0n) is 13.4. The minimum Gasteiger partial charge on any atom is -0.459 e. The third kappa shape index (κ3) is 3.33. The lowest BCUT2D eigenvalue weighted by Crippen LogP contribution is -2.36. The Morgan fingerprint density at radius 3 is 2.65 bits per heavy atom. The van der Waals surface area contributed by atoms with E-state index in [-0.39, 0.29) is 0 Å². The van der Waals surface area contributed by atoms with E-state index in [0.717, 1.165) is 22.3 Å². The molecule has 3 aromatic rings. The quantitative estimate of drug-likeness (QED) is 0.567. The fourth-order valence-corrected chi connectivity index (χ4v) is 2.35. The average Bonchev–Trinajstić information content (AvgIpc) is 3.12. The first-order chi connectivity index (χ1) is 11.2. The van der Waals surface area contributed by atoms with Crippen LogP contribution in [0.2, 0.25) is 0 Å². The Morgan fingerprint density at radius 2 is 1.96 bits per heavy atom. The third-order valence-corrected chi connectivity index (χ3v) is 3.56. The predicted octanol–water partition coefficient (Wildman–Crippen LogP) is 2.30. The number of rotatable bonds is 4. The number of furan rings is 1. The molecule has 0 bridgehead atoms.